The van der Waals surface area contributed by atoms with Crippen LogP contribution in [0.5, 0.6) is 11.5 Å². The smallest absolute Gasteiger partial charge is 0.163 e. The van der Waals surface area contributed by atoms with E-state index in [1.165, 1.54) is 0 Å². The minimum absolute atomic E-state index is 0.665. The molecule has 6 nitrogen and oxygen atoms in total. The second kappa shape index (κ2) is 7.09. The first kappa shape index (κ1) is 16.7. The summed E-state index contributed by atoms with van der Waals surface area (Å²) >= 11 is 0. The van der Waals surface area contributed by atoms with Crippen molar-refractivity contribution in [2.45, 2.75) is 27.7 Å². The average Bonchev–Trinajstić information content (AvgIpc) is 2.50. The fraction of sp³-hybridized carbons (Fsp3) is 0.353. The number of ether oxygens (including phenoxy) is 2. The molecule has 0 bridgehead atoms. The summed E-state index contributed by atoms with van der Waals surface area (Å²) in [4.78, 5) is 13.2. The molecule has 0 aliphatic carbocycles. The number of aliphatic imine (C=N–C) groups is 1. The third-order valence-electron chi connectivity index (χ3n) is 3.36. The van der Waals surface area contributed by atoms with Gasteiger partial charge in [0, 0.05) is 18.0 Å². The third-order valence-corrected chi connectivity index (χ3v) is 3.36. The Morgan fingerprint density at radius 1 is 1.09 bits per heavy atom. The van der Waals surface area contributed by atoms with Gasteiger partial charge >= 0.3 is 0 Å². The van der Waals surface area contributed by atoms with Crippen LogP contribution in [0.25, 0.3) is 0 Å². The summed E-state index contributed by atoms with van der Waals surface area (Å²) in [5.74, 6) is 2.75. The van der Waals surface area contributed by atoms with Gasteiger partial charge in [0.05, 0.1) is 19.9 Å². The molecule has 0 aliphatic heterocycles. The van der Waals surface area contributed by atoms with Crippen LogP contribution in [0.1, 0.15) is 24.0 Å². The lowest BCUT2D eigenvalue weighted by molar-refractivity contribution is 0.353. The highest BCUT2D eigenvalue weighted by molar-refractivity contribution is 5.75. The predicted octanol–water partition coefficient (Wildman–Crippen LogP) is 3.88. The molecule has 6 heteroatoms. The number of hydrogen-bond donors (Lipinski definition) is 1. The van der Waals surface area contributed by atoms with E-state index in [1.54, 1.807) is 20.4 Å². The van der Waals surface area contributed by atoms with Crippen LogP contribution in [0, 0.1) is 20.8 Å². The normalized spacial score (nSPS) is 10.9. The molecule has 2 rings (SSSR count). The lowest BCUT2D eigenvalue weighted by atomic mass is 10.1. The number of rotatable bonds is 5. The maximum atomic E-state index is 5.39. The summed E-state index contributed by atoms with van der Waals surface area (Å²) in [6.07, 6.45) is 1.73. The van der Waals surface area contributed by atoms with Crippen molar-refractivity contribution in [2.24, 2.45) is 4.99 Å². The molecule has 122 valence electrons. The first-order valence-electron chi connectivity index (χ1n) is 7.33. The van der Waals surface area contributed by atoms with Crippen molar-refractivity contribution >= 4 is 23.4 Å². The molecule has 0 saturated carbocycles. The third kappa shape index (κ3) is 3.59. The lowest BCUT2D eigenvalue weighted by Gasteiger charge is -2.15. The monoisotopic (exact) mass is 314 g/mol. The number of hydrogen-bond acceptors (Lipinski definition) is 6. The Bertz CT molecular complexity index is 742. The molecular weight excluding hydrogens is 292 g/mol. The van der Waals surface area contributed by atoms with Crippen LogP contribution >= 0.6 is 0 Å². The molecule has 0 amide bonds. The SMILES string of the molecule is CC=Nc1c(C)nc(C)nc1Nc1cc(C)c(OC)c(OC)c1. The molecule has 0 atom stereocenters. The Labute approximate surface area is 136 Å². The van der Waals surface area contributed by atoms with Gasteiger partial charge < -0.3 is 14.8 Å². The fourth-order valence-electron chi connectivity index (χ4n) is 2.44. The number of aryl methyl sites for hydroxylation is 3. The van der Waals surface area contributed by atoms with Crippen molar-refractivity contribution in [3.63, 3.8) is 0 Å². The van der Waals surface area contributed by atoms with Gasteiger partial charge in [-0.2, -0.15) is 0 Å². The number of nitrogens with zero attached hydrogens (tertiary/aromatic N) is 3. The highest BCUT2D eigenvalue weighted by Gasteiger charge is 2.13. The molecule has 1 aromatic heterocycles. The summed E-state index contributed by atoms with van der Waals surface area (Å²) in [7, 11) is 3.25. The lowest BCUT2D eigenvalue weighted by Crippen LogP contribution is -2.02. The van der Waals surface area contributed by atoms with E-state index in [4.69, 9.17) is 9.47 Å². The van der Waals surface area contributed by atoms with E-state index < -0.39 is 0 Å². The maximum Gasteiger partial charge on any atom is 0.163 e. The van der Waals surface area contributed by atoms with E-state index in [1.807, 2.05) is 39.8 Å². The largest absolute Gasteiger partial charge is 0.493 e. The number of methoxy groups -OCH3 is 2. The number of benzene rings is 1. The molecule has 1 aromatic carbocycles. The van der Waals surface area contributed by atoms with Crippen molar-refractivity contribution in [3.05, 3.63) is 29.2 Å². The summed E-state index contributed by atoms with van der Waals surface area (Å²) in [6, 6.07) is 3.85. The van der Waals surface area contributed by atoms with Gasteiger partial charge in [0.15, 0.2) is 17.3 Å². The topological polar surface area (TPSA) is 68.6 Å². The molecule has 1 heterocycles. The van der Waals surface area contributed by atoms with E-state index in [2.05, 4.69) is 20.3 Å². The first-order chi connectivity index (χ1) is 11.0. The predicted molar refractivity (Wildman–Crippen MR) is 92.9 cm³/mol. The summed E-state index contributed by atoms with van der Waals surface area (Å²) < 4.78 is 10.8. The Morgan fingerprint density at radius 2 is 1.83 bits per heavy atom. The Kier molecular flexibility index (Phi) is 5.16. The second-order valence-electron chi connectivity index (χ2n) is 5.09. The van der Waals surface area contributed by atoms with Crippen molar-refractivity contribution in [2.75, 3.05) is 19.5 Å². The molecular formula is C17H22N4O2. The zero-order chi connectivity index (χ0) is 17.0. The van der Waals surface area contributed by atoms with E-state index in [0.717, 1.165) is 28.4 Å². The van der Waals surface area contributed by atoms with Gasteiger partial charge in [-0.15, -0.1) is 0 Å². The van der Waals surface area contributed by atoms with Crippen molar-refractivity contribution < 1.29 is 9.47 Å². The van der Waals surface area contributed by atoms with Crippen LogP contribution in [0.3, 0.4) is 0 Å². The molecule has 0 unspecified atom stereocenters. The van der Waals surface area contributed by atoms with Crippen molar-refractivity contribution in [1.82, 2.24) is 9.97 Å². The quantitative estimate of drug-likeness (QED) is 0.848. The van der Waals surface area contributed by atoms with E-state index in [0.29, 0.717) is 17.4 Å². The summed E-state index contributed by atoms with van der Waals surface area (Å²) in [5, 5.41) is 3.31. The van der Waals surface area contributed by atoms with Crippen LogP contribution < -0.4 is 14.8 Å². The average molecular weight is 314 g/mol. The van der Waals surface area contributed by atoms with Crippen LogP contribution in [-0.2, 0) is 0 Å². The zero-order valence-corrected chi connectivity index (χ0v) is 14.4. The molecule has 1 N–H and O–H groups in total. The van der Waals surface area contributed by atoms with Crippen molar-refractivity contribution in [1.29, 1.82) is 0 Å². The van der Waals surface area contributed by atoms with Crippen LogP contribution in [0.2, 0.25) is 0 Å². The van der Waals surface area contributed by atoms with Crippen LogP contribution in [0.4, 0.5) is 17.2 Å². The molecule has 23 heavy (non-hydrogen) atoms. The van der Waals surface area contributed by atoms with E-state index in [9.17, 15) is 0 Å². The second-order valence-corrected chi connectivity index (χ2v) is 5.09. The van der Waals surface area contributed by atoms with Crippen LogP contribution in [0.15, 0.2) is 17.1 Å². The molecule has 0 radical (unpaired) electrons. The Balaban J connectivity index is 2.49. The molecule has 2 aromatic rings. The minimum Gasteiger partial charge on any atom is -0.493 e. The number of anilines is 2. The fourth-order valence-corrected chi connectivity index (χ4v) is 2.44. The van der Waals surface area contributed by atoms with Gasteiger partial charge in [-0.1, -0.05) is 0 Å². The van der Waals surface area contributed by atoms with E-state index in [-0.39, 0.29) is 0 Å². The van der Waals surface area contributed by atoms with Crippen molar-refractivity contribution in [3.8, 4) is 11.5 Å². The molecule has 0 spiro atoms. The van der Waals surface area contributed by atoms with Gasteiger partial charge in [0.2, 0.25) is 0 Å². The van der Waals surface area contributed by atoms with Gasteiger partial charge in [-0.3, -0.25) is 4.99 Å². The Hall–Kier alpha value is -2.63. The number of aromatic nitrogens is 2. The first-order valence-corrected chi connectivity index (χ1v) is 7.33. The molecule has 0 saturated heterocycles. The minimum atomic E-state index is 0.665. The number of nitrogens with one attached hydrogen (secondary N) is 1. The van der Waals surface area contributed by atoms with Gasteiger partial charge in [0.1, 0.15) is 11.5 Å². The van der Waals surface area contributed by atoms with Gasteiger partial charge in [-0.25, -0.2) is 9.97 Å². The molecule has 0 fully saturated rings. The summed E-state index contributed by atoms with van der Waals surface area (Å²) in [5.41, 5.74) is 3.38. The zero-order valence-electron chi connectivity index (χ0n) is 14.4. The van der Waals surface area contributed by atoms with Crippen LogP contribution in [-0.4, -0.2) is 30.4 Å². The molecule has 0 aliphatic rings. The summed E-state index contributed by atoms with van der Waals surface area (Å²) in [6.45, 7) is 7.61. The standard InChI is InChI=1S/C17H22N4O2/c1-7-18-15-11(3)19-12(4)20-17(15)21-13-8-10(2)16(23-6)14(9-13)22-5/h7-9H,1-6H3,(H,19,20,21). The highest BCUT2D eigenvalue weighted by Crippen LogP contribution is 2.36. The maximum absolute atomic E-state index is 5.39. The highest BCUT2D eigenvalue weighted by atomic mass is 16.5. The van der Waals surface area contributed by atoms with E-state index >= 15 is 0 Å². The van der Waals surface area contributed by atoms with Gasteiger partial charge in [-0.05, 0) is 39.3 Å². The Morgan fingerprint density at radius 3 is 2.43 bits per heavy atom. The van der Waals surface area contributed by atoms with Gasteiger partial charge in [0.25, 0.3) is 0 Å².